The highest BCUT2D eigenvalue weighted by molar-refractivity contribution is 7.98. The van der Waals surface area contributed by atoms with Crippen molar-refractivity contribution in [1.82, 2.24) is 19.7 Å². The van der Waals surface area contributed by atoms with Gasteiger partial charge in [0.15, 0.2) is 11.0 Å². The SMILES string of the molecule is O=c1c2ccccc2nc(SCc2noc(C3CC3)n2)n1-c1ccc(F)c(Cl)c1. The van der Waals surface area contributed by atoms with E-state index >= 15 is 0 Å². The number of hydrogen-bond donors (Lipinski definition) is 0. The second-order valence-electron chi connectivity index (χ2n) is 6.76. The Morgan fingerprint density at radius 2 is 2.03 bits per heavy atom. The third kappa shape index (κ3) is 3.54. The molecule has 146 valence electrons. The maximum atomic E-state index is 13.6. The Balaban J connectivity index is 1.58. The first-order valence-electron chi connectivity index (χ1n) is 9.02. The summed E-state index contributed by atoms with van der Waals surface area (Å²) in [5.74, 6) is 1.42. The Bertz CT molecular complexity index is 1290. The molecule has 29 heavy (non-hydrogen) atoms. The fourth-order valence-corrected chi connectivity index (χ4v) is 4.04. The van der Waals surface area contributed by atoms with Crippen LogP contribution >= 0.6 is 23.4 Å². The van der Waals surface area contributed by atoms with E-state index in [9.17, 15) is 9.18 Å². The summed E-state index contributed by atoms with van der Waals surface area (Å²) in [5, 5.41) is 4.85. The van der Waals surface area contributed by atoms with Crippen molar-refractivity contribution >= 4 is 34.3 Å². The molecule has 1 saturated carbocycles. The Hall–Kier alpha value is -2.71. The molecular weight excluding hydrogens is 415 g/mol. The van der Waals surface area contributed by atoms with Crippen LogP contribution in [0.15, 0.2) is 56.9 Å². The largest absolute Gasteiger partial charge is 0.339 e. The molecule has 4 aromatic rings. The van der Waals surface area contributed by atoms with Crippen molar-refractivity contribution in [2.45, 2.75) is 29.7 Å². The zero-order valence-corrected chi connectivity index (χ0v) is 16.6. The highest BCUT2D eigenvalue weighted by Crippen LogP contribution is 2.39. The van der Waals surface area contributed by atoms with Gasteiger partial charge < -0.3 is 4.52 Å². The Morgan fingerprint density at radius 3 is 2.83 bits per heavy atom. The minimum Gasteiger partial charge on any atom is -0.339 e. The van der Waals surface area contributed by atoms with Crippen molar-refractivity contribution in [1.29, 1.82) is 0 Å². The lowest BCUT2D eigenvalue weighted by molar-refractivity contribution is 0.375. The van der Waals surface area contributed by atoms with Crippen molar-refractivity contribution in [2.24, 2.45) is 0 Å². The molecular formula is C20H14ClFN4O2S. The van der Waals surface area contributed by atoms with Crippen LogP contribution in [0.3, 0.4) is 0 Å². The fraction of sp³-hybridized carbons (Fsp3) is 0.200. The Morgan fingerprint density at radius 1 is 1.21 bits per heavy atom. The van der Waals surface area contributed by atoms with Gasteiger partial charge in [-0.05, 0) is 43.2 Å². The van der Waals surface area contributed by atoms with Crippen molar-refractivity contribution in [3.05, 3.63) is 75.4 Å². The predicted molar refractivity (Wildman–Crippen MR) is 108 cm³/mol. The summed E-state index contributed by atoms with van der Waals surface area (Å²) in [7, 11) is 0. The third-order valence-electron chi connectivity index (χ3n) is 4.65. The van der Waals surface area contributed by atoms with Gasteiger partial charge in [0.2, 0.25) is 5.89 Å². The monoisotopic (exact) mass is 428 g/mol. The minimum atomic E-state index is -0.550. The number of aromatic nitrogens is 4. The summed E-state index contributed by atoms with van der Waals surface area (Å²) in [5.41, 5.74) is 0.762. The highest BCUT2D eigenvalue weighted by atomic mass is 35.5. The topological polar surface area (TPSA) is 73.8 Å². The van der Waals surface area contributed by atoms with Crippen LogP contribution in [-0.4, -0.2) is 19.7 Å². The zero-order valence-electron chi connectivity index (χ0n) is 15.0. The molecule has 2 heterocycles. The molecule has 1 fully saturated rings. The Kier molecular flexibility index (Phi) is 4.60. The van der Waals surface area contributed by atoms with Crippen molar-refractivity contribution in [3.8, 4) is 5.69 Å². The number of para-hydroxylation sites is 1. The van der Waals surface area contributed by atoms with E-state index in [0.717, 1.165) is 12.8 Å². The minimum absolute atomic E-state index is 0.0641. The Labute approximate surface area is 173 Å². The molecule has 0 spiro atoms. The molecule has 6 nitrogen and oxygen atoms in total. The molecule has 0 N–H and O–H groups in total. The maximum Gasteiger partial charge on any atom is 0.266 e. The van der Waals surface area contributed by atoms with E-state index in [1.54, 1.807) is 18.2 Å². The molecule has 0 bridgehead atoms. The van der Waals surface area contributed by atoms with Crippen LogP contribution in [0, 0.1) is 5.82 Å². The van der Waals surface area contributed by atoms with Gasteiger partial charge in [-0.3, -0.25) is 9.36 Å². The molecule has 0 unspecified atom stereocenters. The highest BCUT2D eigenvalue weighted by Gasteiger charge is 2.29. The van der Waals surface area contributed by atoms with Gasteiger partial charge in [0.25, 0.3) is 5.56 Å². The molecule has 1 aliphatic carbocycles. The van der Waals surface area contributed by atoms with E-state index in [1.165, 1.54) is 34.5 Å². The standard InChI is InChI=1S/C20H14ClFN4O2S/c21-14-9-12(7-8-15(14)22)26-19(27)13-3-1-2-4-16(13)23-20(26)29-10-17-24-18(28-25-17)11-5-6-11/h1-4,7-9,11H,5-6,10H2. The van der Waals surface area contributed by atoms with Gasteiger partial charge in [0.1, 0.15) is 5.82 Å². The van der Waals surface area contributed by atoms with Gasteiger partial charge >= 0.3 is 0 Å². The summed E-state index contributed by atoms with van der Waals surface area (Å²) in [6, 6.07) is 11.2. The number of halogens is 2. The number of benzene rings is 2. The van der Waals surface area contributed by atoms with Gasteiger partial charge in [-0.25, -0.2) is 9.37 Å². The molecule has 5 rings (SSSR count). The van der Waals surface area contributed by atoms with Gasteiger partial charge in [0, 0.05) is 5.92 Å². The lowest BCUT2D eigenvalue weighted by Gasteiger charge is -2.13. The second kappa shape index (κ2) is 7.27. The number of thioether (sulfide) groups is 1. The summed E-state index contributed by atoms with van der Waals surface area (Å²) >= 11 is 7.26. The lowest BCUT2D eigenvalue weighted by Crippen LogP contribution is -2.21. The van der Waals surface area contributed by atoms with Crippen LogP contribution in [0.4, 0.5) is 4.39 Å². The molecule has 0 radical (unpaired) electrons. The average Bonchev–Trinajstić information content (AvgIpc) is 3.47. The molecule has 0 amide bonds. The first-order chi connectivity index (χ1) is 14.1. The summed E-state index contributed by atoms with van der Waals surface area (Å²) in [4.78, 5) is 22.2. The van der Waals surface area contributed by atoms with E-state index in [4.69, 9.17) is 16.1 Å². The van der Waals surface area contributed by atoms with Crippen molar-refractivity contribution < 1.29 is 8.91 Å². The molecule has 0 aliphatic heterocycles. The molecule has 9 heteroatoms. The summed E-state index contributed by atoms with van der Waals surface area (Å²) in [6.45, 7) is 0. The fourth-order valence-electron chi connectivity index (χ4n) is 3.01. The van der Waals surface area contributed by atoms with Crippen LogP contribution in [0.2, 0.25) is 5.02 Å². The van der Waals surface area contributed by atoms with Crippen molar-refractivity contribution in [2.75, 3.05) is 0 Å². The van der Waals surface area contributed by atoms with Crippen LogP contribution in [0.25, 0.3) is 16.6 Å². The van der Waals surface area contributed by atoms with E-state index < -0.39 is 5.82 Å². The van der Waals surface area contributed by atoms with Crippen LogP contribution in [0.5, 0.6) is 0 Å². The van der Waals surface area contributed by atoms with Gasteiger partial charge in [0.05, 0.1) is 27.4 Å². The lowest BCUT2D eigenvalue weighted by atomic mass is 10.2. The van der Waals surface area contributed by atoms with Crippen LogP contribution in [0.1, 0.15) is 30.5 Å². The maximum absolute atomic E-state index is 13.6. The van der Waals surface area contributed by atoms with E-state index in [0.29, 0.717) is 45.1 Å². The summed E-state index contributed by atoms with van der Waals surface area (Å²) in [6.07, 6.45) is 2.15. The van der Waals surface area contributed by atoms with E-state index in [1.807, 2.05) is 6.07 Å². The van der Waals surface area contributed by atoms with E-state index in [2.05, 4.69) is 15.1 Å². The predicted octanol–water partition coefficient (Wildman–Crippen LogP) is 4.73. The number of hydrogen-bond acceptors (Lipinski definition) is 6. The van der Waals surface area contributed by atoms with Crippen LogP contribution in [-0.2, 0) is 5.75 Å². The van der Waals surface area contributed by atoms with Crippen LogP contribution < -0.4 is 5.56 Å². The van der Waals surface area contributed by atoms with Gasteiger partial charge in [-0.1, -0.05) is 40.7 Å². The average molecular weight is 429 g/mol. The first kappa shape index (κ1) is 18.3. The third-order valence-corrected chi connectivity index (χ3v) is 5.87. The molecule has 2 aromatic heterocycles. The van der Waals surface area contributed by atoms with Gasteiger partial charge in [-0.15, -0.1) is 0 Å². The second-order valence-corrected chi connectivity index (χ2v) is 8.11. The quantitative estimate of drug-likeness (QED) is 0.338. The van der Waals surface area contributed by atoms with E-state index in [-0.39, 0.29) is 10.6 Å². The normalized spacial score (nSPS) is 13.9. The molecule has 2 aromatic carbocycles. The summed E-state index contributed by atoms with van der Waals surface area (Å²) < 4.78 is 20.4. The molecule has 0 saturated heterocycles. The molecule has 1 aliphatic rings. The molecule has 0 atom stereocenters. The smallest absolute Gasteiger partial charge is 0.266 e. The van der Waals surface area contributed by atoms with Crippen molar-refractivity contribution in [3.63, 3.8) is 0 Å². The zero-order chi connectivity index (χ0) is 20.0. The first-order valence-corrected chi connectivity index (χ1v) is 10.4. The number of nitrogens with zero attached hydrogens (tertiary/aromatic N) is 4. The number of rotatable bonds is 5. The van der Waals surface area contributed by atoms with Gasteiger partial charge in [-0.2, -0.15) is 4.98 Å². The number of fused-ring (bicyclic) bond motifs is 1.